The quantitative estimate of drug-likeness (QED) is 0.467. The number of quaternary nitrogens is 1. The van der Waals surface area contributed by atoms with Gasteiger partial charge in [-0.05, 0) is 13.5 Å². The minimum atomic E-state index is -0.652. The summed E-state index contributed by atoms with van der Waals surface area (Å²) in [5, 5.41) is 24.5. The van der Waals surface area contributed by atoms with E-state index >= 15 is 0 Å². The maximum atomic E-state index is 11.4. The fraction of sp³-hybridized carbons (Fsp3) is 0.600. The van der Waals surface area contributed by atoms with E-state index in [1.807, 2.05) is 7.05 Å². The van der Waals surface area contributed by atoms with Crippen molar-refractivity contribution in [3.8, 4) is 5.75 Å². The van der Waals surface area contributed by atoms with Gasteiger partial charge in [-0.1, -0.05) is 5.01 Å². The number of likely N-dealkylation sites (N-methyl/N-ethyl adjacent to an activating group) is 1. The predicted molar refractivity (Wildman–Crippen MR) is 91.8 cm³/mol. The van der Waals surface area contributed by atoms with Crippen molar-refractivity contribution in [1.29, 1.82) is 0 Å². The number of non-ortho nitro benzene ring substituents is 1. The highest BCUT2D eigenvalue weighted by Crippen LogP contribution is 2.34. The Balaban J connectivity index is 1.92. The molecule has 1 unspecified atom stereocenters. The van der Waals surface area contributed by atoms with Crippen LogP contribution in [0.1, 0.15) is 12.8 Å². The Morgan fingerprint density at radius 1 is 1.12 bits per heavy atom. The SMILES string of the molecule is CN1CCN([N+]2(Oc3ccc([N+](=O)[O-])cc3[N+](=O)[O-])CCCCN2)CC1. The summed E-state index contributed by atoms with van der Waals surface area (Å²) < 4.78 is 0. The molecule has 2 heterocycles. The summed E-state index contributed by atoms with van der Waals surface area (Å²) in [7, 11) is 2.05. The molecule has 0 amide bonds. The summed E-state index contributed by atoms with van der Waals surface area (Å²) >= 11 is 0. The lowest BCUT2D eigenvalue weighted by Gasteiger charge is -2.45. The molecule has 3 rings (SSSR count). The van der Waals surface area contributed by atoms with E-state index in [1.54, 1.807) is 0 Å². The highest BCUT2D eigenvalue weighted by molar-refractivity contribution is 5.53. The van der Waals surface area contributed by atoms with Gasteiger partial charge in [0.05, 0.1) is 35.5 Å². The molecular weight excluding hydrogens is 344 g/mol. The predicted octanol–water partition coefficient (Wildman–Crippen LogP) is 1.07. The number of nitro groups is 2. The number of hydrogen-bond acceptors (Lipinski definition) is 8. The van der Waals surface area contributed by atoms with Crippen LogP contribution >= 0.6 is 0 Å². The zero-order valence-electron chi connectivity index (χ0n) is 14.7. The standard InChI is InChI=1S/C15H23N6O5/c1-17-7-9-18(10-8-17)21(11-3-2-6-16-21)26-15-5-4-13(19(22)23)12-14(15)20(24)25/h4-5,12,16H,2-3,6-11H2,1H3/q+1. The molecular formula is C15H23N6O5+. The number of hydroxylamine groups is 1. The molecule has 0 aliphatic carbocycles. The smallest absolute Gasteiger partial charge is 0.303 e. The van der Waals surface area contributed by atoms with Crippen LogP contribution in [0.15, 0.2) is 18.2 Å². The van der Waals surface area contributed by atoms with Gasteiger partial charge in [0.15, 0.2) is 6.54 Å². The normalized spacial score (nSPS) is 25.0. The third-order valence-corrected chi connectivity index (χ3v) is 4.78. The molecule has 2 fully saturated rings. The second-order valence-corrected chi connectivity index (χ2v) is 6.55. The van der Waals surface area contributed by atoms with Gasteiger partial charge in [-0.3, -0.25) is 25.1 Å². The van der Waals surface area contributed by atoms with Crippen molar-refractivity contribution >= 4 is 11.4 Å². The van der Waals surface area contributed by atoms with Gasteiger partial charge in [-0.25, -0.2) is 0 Å². The number of nitrogens with zero attached hydrogens (tertiary/aromatic N) is 5. The average Bonchev–Trinajstić information content (AvgIpc) is 2.63. The lowest BCUT2D eigenvalue weighted by atomic mass is 10.2. The Bertz CT molecular complexity index is 685. The number of nitrogens with one attached hydrogen (secondary N) is 1. The molecule has 11 nitrogen and oxygen atoms in total. The van der Waals surface area contributed by atoms with Crippen LogP contribution in [0.3, 0.4) is 0 Å². The number of benzene rings is 1. The van der Waals surface area contributed by atoms with Gasteiger partial charge in [0.25, 0.3) is 11.4 Å². The summed E-state index contributed by atoms with van der Waals surface area (Å²) in [4.78, 5) is 29.4. The first-order chi connectivity index (χ1) is 12.4. The lowest BCUT2D eigenvalue weighted by Crippen LogP contribution is -2.74. The zero-order valence-corrected chi connectivity index (χ0v) is 14.7. The van der Waals surface area contributed by atoms with Crippen LogP contribution in [0.5, 0.6) is 5.75 Å². The molecule has 0 radical (unpaired) electrons. The Morgan fingerprint density at radius 3 is 2.42 bits per heavy atom. The summed E-state index contributed by atoms with van der Waals surface area (Å²) in [6.45, 7) is 4.61. The van der Waals surface area contributed by atoms with Crippen LogP contribution in [-0.4, -0.2) is 70.9 Å². The summed E-state index contributed by atoms with van der Waals surface area (Å²) in [5.41, 5.74) is 2.60. The van der Waals surface area contributed by atoms with E-state index in [-0.39, 0.29) is 16.3 Å². The molecule has 0 saturated carbocycles. The van der Waals surface area contributed by atoms with Crippen LogP contribution in [0.2, 0.25) is 0 Å². The minimum absolute atomic E-state index is 0.0213. The van der Waals surface area contributed by atoms with Crippen molar-refractivity contribution in [3.05, 3.63) is 38.4 Å². The van der Waals surface area contributed by atoms with Gasteiger partial charge >= 0.3 is 5.69 Å². The number of hydrogen-bond donors (Lipinski definition) is 1. The van der Waals surface area contributed by atoms with Crippen molar-refractivity contribution in [2.45, 2.75) is 12.8 Å². The first-order valence-corrected chi connectivity index (χ1v) is 8.61. The van der Waals surface area contributed by atoms with E-state index in [0.717, 1.165) is 51.6 Å². The van der Waals surface area contributed by atoms with Crippen molar-refractivity contribution in [2.24, 2.45) is 0 Å². The van der Waals surface area contributed by atoms with E-state index in [9.17, 15) is 20.2 Å². The van der Waals surface area contributed by atoms with Gasteiger partial charge in [-0.15, -0.1) is 5.43 Å². The maximum Gasteiger partial charge on any atom is 0.325 e. The topological polar surface area (TPSA) is 114 Å². The molecule has 1 N–H and O–H groups in total. The van der Waals surface area contributed by atoms with Gasteiger partial charge in [0.1, 0.15) is 0 Å². The molecule has 1 aromatic carbocycles. The van der Waals surface area contributed by atoms with Crippen molar-refractivity contribution in [1.82, 2.24) is 15.3 Å². The molecule has 2 aliphatic rings. The molecule has 0 spiro atoms. The summed E-state index contributed by atoms with van der Waals surface area (Å²) in [6, 6.07) is 3.48. The minimum Gasteiger partial charge on any atom is -0.303 e. The largest absolute Gasteiger partial charge is 0.325 e. The van der Waals surface area contributed by atoms with Crippen molar-refractivity contribution in [2.75, 3.05) is 46.3 Å². The zero-order chi connectivity index (χ0) is 18.7. The monoisotopic (exact) mass is 367 g/mol. The Kier molecular flexibility index (Phi) is 5.32. The van der Waals surface area contributed by atoms with Crippen molar-refractivity contribution < 1.29 is 19.5 Å². The first kappa shape index (κ1) is 18.5. The first-order valence-electron chi connectivity index (χ1n) is 8.61. The van der Waals surface area contributed by atoms with Crippen LogP contribution in [0.25, 0.3) is 0 Å². The Labute approximate surface area is 150 Å². The molecule has 2 saturated heterocycles. The van der Waals surface area contributed by atoms with Crippen LogP contribution < -0.4 is 10.3 Å². The highest BCUT2D eigenvalue weighted by atomic mass is 16.8. The van der Waals surface area contributed by atoms with Gasteiger partial charge < -0.3 is 4.90 Å². The molecule has 0 aromatic heterocycles. The van der Waals surface area contributed by atoms with Gasteiger partial charge in [0, 0.05) is 36.5 Å². The second kappa shape index (κ2) is 7.50. The molecule has 1 aromatic rings. The lowest BCUT2D eigenvalue weighted by molar-refractivity contribution is -1.20. The Morgan fingerprint density at radius 2 is 1.85 bits per heavy atom. The summed E-state index contributed by atoms with van der Waals surface area (Å²) in [5.74, 6) is 0.0222. The van der Waals surface area contributed by atoms with E-state index < -0.39 is 15.5 Å². The van der Waals surface area contributed by atoms with Gasteiger partial charge in [0.2, 0.25) is 0 Å². The molecule has 2 aliphatic heterocycles. The maximum absolute atomic E-state index is 11.4. The highest BCUT2D eigenvalue weighted by Gasteiger charge is 2.44. The molecule has 1 atom stereocenters. The van der Waals surface area contributed by atoms with Crippen LogP contribution in [0.4, 0.5) is 11.4 Å². The van der Waals surface area contributed by atoms with E-state index in [1.165, 1.54) is 12.1 Å². The fourth-order valence-electron chi connectivity index (χ4n) is 3.28. The second-order valence-electron chi connectivity index (χ2n) is 6.55. The third-order valence-electron chi connectivity index (χ3n) is 4.78. The third kappa shape index (κ3) is 3.75. The fourth-order valence-corrected chi connectivity index (χ4v) is 3.28. The Hall–Kier alpha value is -2.34. The van der Waals surface area contributed by atoms with E-state index in [0.29, 0.717) is 6.54 Å². The number of nitro benzene ring substituents is 2. The van der Waals surface area contributed by atoms with Crippen LogP contribution in [0, 0.1) is 20.2 Å². The number of piperazine rings is 1. The summed E-state index contributed by atoms with van der Waals surface area (Å²) in [6.07, 6.45) is 1.92. The van der Waals surface area contributed by atoms with Crippen LogP contribution in [-0.2, 0) is 0 Å². The van der Waals surface area contributed by atoms with Crippen molar-refractivity contribution in [3.63, 3.8) is 0 Å². The van der Waals surface area contributed by atoms with E-state index in [2.05, 4.69) is 15.3 Å². The van der Waals surface area contributed by atoms with Gasteiger partial charge in [-0.2, -0.15) is 0 Å². The molecule has 142 valence electrons. The molecule has 26 heavy (non-hydrogen) atoms. The van der Waals surface area contributed by atoms with E-state index in [4.69, 9.17) is 4.84 Å². The molecule has 0 bridgehead atoms. The molecule has 11 heteroatoms. The average molecular weight is 367 g/mol. The number of rotatable bonds is 5.